The summed E-state index contributed by atoms with van der Waals surface area (Å²) < 4.78 is 0. The van der Waals surface area contributed by atoms with Crippen LogP contribution < -0.4 is 16.0 Å². The van der Waals surface area contributed by atoms with Crippen LogP contribution in [-0.2, 0) is 11.2 Å². The van der Waals surface area contributed by atoms with Crippen LogP contribution in [-0.4, -0.2) is 48.6 Å². The summed E-state index contributed by atoms with van der Waals surface area (Å²) in [7, 11) is 0. The van der Waals surface area contributed by atoms with E-state index in [2.05, 4.69) is 20.6 Å². The number of amides is 1. The largest absolute Gasteiger partial charge is 0.354 e. The first-order valence-corrected chi connectivity index (χ1v) is 9.69. The topological polar surface area (TPSA) is 71.2 Å². The molecule has 1 aromatic heterocycles. The summed E-state index contributed by atoms with van der Waals surface area (Å²) in [6.45, 7) is 2.84. The highest BCUT2D eigenvalue weighted by molar-refractivity contribution is 7.98. The number of thioether (sulfide) groups is 1. The van der Waals surface area contributed by atoms with E-state index in [0.717, 1.165) is 42.5 Å². The number of nitrogens with one attached hydrogen (secondary N) is 1. The normalized spacial score (nSPS) is 16.2. The predicted octanol–water partition coefficient (Wildman–Crippen LogP) is 1.48. The fourth-order valence-corrected chi connectivity index (χ4v) is 3.69. The van der Waals surface area contributed by atoms with Crippen LogP contribution in [0.25, 0.3) is 0 Å². The van der Waals surface area contributed by atoms with Crippen LogP contribution in [0.4, 0.5) is 5.13 Å². The molecule has 1 saturated heterocycles. The lowest BCUT2D eigenvalue weighted by Crippen LogP contribution is -2.41. The molecule has 1 aliphatic rings. The van der Waals surface area contributed by atoms with Gasteiger partial charge in [0, 0.05) is 31.4 Å². The molecule has 7 heteroatoms. The number of hydrogen-bond acceptors (Lipinski definition) is 6. The van der Waals surface area contributed by atoms with Crippen molar-refractivity contribution in [2.24, 2.45) is 5.73 Å². The molecule has 118 valence electrons. The van der Waals surface area contributed by atoms with Crippen LogP contribution >= 0.6 is 23.1 Å². The van der Waals surface area contributed by atoms with Crippen LogP contribution in [0, 0.1) is 0 Å². The quantitative estimate of drug-likeness (QED) is 0.756. The van der Waals surface area contributed by atoms with Crippen LogP contribution in [0.1, 0.15) is 25.0 Å². The van der Waals surface area contributed by atoms with Gasteiger partial charge in [-0.05, 0) is 31.3 Å². The Bertz CT molecular complexity index is 446. The zero-order chi connectivity index (χ0) is 15.1. The maximum absolute atomic E-state index is 11.8. The van der Waals surface area contributed by atoms with Gasteiger partial charge in [-0.25, -0.2) is 4.98 Å². The molecule has 5 nitrogen and oxygen atoms in total. The zero-order valence-corrected chi connectivity index (χ0v) is 14.1. The first-order valence-electron chi connectivity index (χ1n) is 7.42. The van der Waals surface area contributed by atoms with Gasteiger partial charge in [0.15, 0.2) is 5.13 Å². The molecule has 0 spiro atoms. The fourth-order valence-electron chi connectivity index (χ4n) is 2.29. The van der Waals surface area contributed by atoms with Crippen molar-refractivity contribution in [1.29, 1.82) is 0 Å². The lowest BCUT2D eigenvalue weighted by Gasteiger charge is -2.12. The number of rotatable bonds is 8. The standard InChI is InChI=1S/C14H24N4OS2/c1-20-9-5-12(15)13(19)16-6-4-11-10-21-14(17-11)18-7-2-3-8-18/h10,12H,2-9,15H2,1H3,(H,16,19)/t12-/m0/s1. The summed E-state index contributed by atoms with van der Waals surface area (Å²) >= 11 is 3.41. The number of aromatic nitrogens is 1. The molecule has 3 N–H and O–H groups in total. The van der Waals surface area contributed by atoms with Gasteiger partial charge in [-0.2, -0.15) is 11.8 Å². The van der Waals surface area contributed by atoms with E-state index >= 15 is 0 Å². The highest BCUT2D eigenvalue weighted by Gasteiger charge is 2.16. The van der Waals surface area contributed by atoms with Crippen molar-refractivity contribution in [2.45, 2.75) is 31.7 Å². The Hall–Kier alpha value is -0.790. The lowest BCUT2D eigenvalue weighted by molar-refractivity contribution is -0.122. The minimum Gasteiger partial charge on any atom is -0.354 e. The molecule has 1 aromatic rings. The third kappa shape index (κ3) is 5.16. The van der Waals surface area contributed by atoms with E-state index in [1.807, 2.05) is 6.26 Å². The van der Waals surface area contributed by atoms with Gasteiger partial charge in [0.1, 0.15) is 0 Å². The van der Waals surface area contributed by atoms with Crippen molar-refractivity contribution in [3.63, 3.8) is 0 Å². The molecule has 0 radical (unpaired) electrons. The predicted molar refractivity (Wildman–Crippen MR) is 91.2 cm³/mol. The minimum atomic E-state index is -0.395. The smallest absolute Gasteiger partial charge is 0.236 e. The van der Waals surface area contributed by atoms with E-state index in [-0.39, 0.29) is 5.91 Å². The molecule has 1 aliphatic heterocycles. The van der Waals surface area contributed by atoms with Crippen molar-refractivity contribution in [3.05, 3.63) is 11.1 Å². The second kappa shape index (κ2) is 8.60. The molecule has 2 heterocycles. The molecular formula is C14H24N4OS2. The number of nitrogens with two attached hydrogens (primary N) is 1. The van der Waals surface area contributed by atoms with Gasteiger partial charge in [-0.15, -0.1) is 11.3 Å². The van der Waals surface area contributed by atoms with Crippen molar-refractivity contribution in [3.8, 4) is 0 Å². The number of nitrogens with zero attached hydrogens (tertiary/aromatic N) is 2. The summed E-state index contributed by atoms with van der Waals surface area (Å²) in [6.07, 6.45) is 6.04. The maximum Gasteiger partial charge on any atom is 0.236 e. The first-order chi connectivity index (χ1) is 10.2. The first kappa shape index (κ1) is 16.6. The highest BCUT2D eigenvalue weighted by atomic mass is 32.2. The Morgan fingerprint density at radius 3 is 3.05 bits per heavy atom. The van der Waals surface area contributed by atoms with Gasteiger partial charge in [-0.1, -0.05) is 0 Å². The summed E-state index contributed by atoms with van der Waals surface area (Å²) in [5, 5.41) is 6.10. The van der Waals surface area contributed by atoms with Crippen LogP contribution in [0.2, 0.25) is 0 Å². The minimum absolute atomic E-state index is 0.0564. The van der Waals surface area contributed by atoms with Crippen LogP contribution in [0.15, 0.2) is 5.38 Å². The molecule has 1 atom stereocenters. The van der Waals surface area contributed by atoms with Gasteiger partial charge in [0.25, 0.3) is 0 Å². The van der Waals surface area contributed by atoms with Crippen LogP contribution in [0.3, 0.4) is 0 Å². The monoisotopic (exact) mass is 328 g/mol. The average molecular weight is 329 g/mol. The lowest BCUT2D eigenvalue weighted by atomic mass is 10.2. The molecule has 1 fully saturated rings. The van der Waals surface area contributed by atoms with Gasteiger partial charge >= 0.3 is 0 Å². The average Bonchev–Trinajstić information content (AvgIpc) is 3.15. The molecule has 0 saturated carbocycles. The third-order valence-electron chi connectivity index (χ3n) is 3.57. The van der Waals surface area contributed by atoms with E-state index in [4.69, 9.17) is 5.73 Å². The Morgan fingerprint density at radius 1 is 1.57 bits per heavy atom. The van der Waals surface area contributed by atoms with Crippen molar-refractivity contribution in [2.75, 3.05) is 36.5 Å². The Morgan fingerprint density at radius 2 is 2.33 bits per heavy atom. The Kier molecular flexibility index (Phi) is 6.79. The summed E-state index contributed by atoms with van der Waals surface area (Å²) in [4.78, 5) is 18.8. The fraction of sp³-hybridized carbons (Fsp3) is 0.714. The molecule has 1 amide bonds. The van der Waals surface area contributed by atoms with Gasteiger partial charge in [0.05, 0.1) is 11.7 Å². The van der Waals surface area contributed by atoms with E-state index in [0.29, 0.717) is 6.54 Å². The number of anilines is 1. The summed E-state index contributed by atoms with van der Waals surface area (Å²) in [5.41, 5.74) is 6.88. The van der Waals surface area contributed by atoms with Gasteiger partial charge in [-0.3, -0.25) is 4.79 Å². The second-order valence-electron chi connectivity index (χ2n) is 5.24. The van der Waals surface area contributed by atoms with E-state index in [9.17, 15) is 4.79 Å². The number of carbonyl (C=O) groups excluding carboxylic acids is 1. The van der Waals surface area contributed by atoms with Crippen LogP contribution in [0.5, 0.6) is 0 Å². The molecule has 2 rings (SSSR count). The van der Waals surface area contributed by atoms with Gasteiger partial charge < -0.3 is 16.0 Å². The number of carbonyl (C=O) groups is 1. The van der Waals surface area contributed by atoms with E-state index < -0.39 is 6.04 Å². The maximum atomic E-state index is 11.8. The summed E-state index contributed by atoms with van der Waals surface area (Å²) in [6, 6.07) is -0.395. The second-order valence-corrected chi connectivity index (χ2v) is 7.07. The molecular weight excluding hydrogens is 304 g/mol. The Labute approximate surface area is 134 Å². The Balaban J connectivity index is 1.69. The zero-order valence-electron chi connectivity index (χ0n) is 12.5. The third-order valence-corrected chi connectivity index (χ3v) is 5.16. The number of hydrogen-bond donors (Lipinski definition) is 2. The van der Waals surface area contributed by atoms with E-state index in [1.165, 1.54) is 12.8 Å². The molecule has 0 aliphatic carbocycles. The van der Waals surface area contributed by atoms with Crippen molar-refractivity contribution >= 4 is 34.1 Å². The molecule has 0 unspecified atom stereocenters. The highest BCUT2D eigenvalue weighted by Crippen LogP contribution is 2.24. The molecule has 0 bridgehead atoms. The SMILES string of the molecule is CSCC[C@H](N)C(=O)NCCc1csc(N2CCCC2)n1. The molecule has 0 aromatic carbocycles. The van der Waals surface area contributed by atoms with Crippen molar-refractivity contribution in [1.82, 2.24) is 10.3 Å². The van der Waals surface area contributed by atoms with Crippen molar-refractivity contribution < 1.29 is 4.79 Å². The van der Waals surface area contributed by atoms with E-state index in [1.54, 1.807) is 23.1 Å². The molecule has 21 heavy (non-hydrogen) atoms. The van der Waals surface area contributed by atoms with Gasteiger partial charge in [0.2, 0.25) is 5.91 Å². The summed E-state index contributed by atoms with van der Waals surface area (Å²) in [5.74, 6) is 0.860. The number of thiazole rings is 1.